The van der Waals surface area contributed by atoms with Gasteiger partial charge in [0.25, 0.3) is 0 Å². The molecule has 0 spiro atoms. The van der Waals surface area contributed by atoms with Crippen molar-refractivity contribution in [1.82, 2.24) is 0 Å². The molecule has 0 unspecified atom stereocenters. The van der Waals surface area contributed by atoms with Gasteiger partial charge in [-0.15, -0.1) is 0 Å². The van der Waals surface area contributed by atoms with Gasteiger partial charge in [-0.25, -0.2) is 0 Å². The normalized spacial score (nSPS) is 10.3. The Labute approximate surface area is 118 Å². The summed E-state index contributed by atoms with van der Waals surface area (Å²) in [6.07, 6.45) is 1.00. The van der Waals surface area contributed by atoms with Crippen LogP contribution < -0.4 is 9.47 Å². The fourth-order valence-electron chi connectivity index (χ4n) is 2.01. The number of hydrogen-bond acceptors (Lipinski definition) is 4. The van der Waals surface area contributed by atoms with Gasteiger partial charge in [0.2, 0.25) is 0 Å². The highest BCUT2D eigenvalue weighted by molar-refractivity contribution is 5.96. The molecule has 20 heavy (non-hydrogen) atoms. The quantitative estimate of drug-likeness (QED) is 0.757. The molecule has 0 saturated heterocycles. The molecule has 1 aromatic heterocycles. The molecule has 4 heteroatoms. The number of carbonyl (C=O) groups excluding carboxylic acids is 1. The Morgan fingerprint density at radius 2 is 1.85 bits per heavy atom. The van der Waals surface area contributed by atoms with E-state index in [0.717, 1.165) is 11.5 Å². The number of methoxy groups -OCH3 is 2. The predicted octanol–water partition coefficient (Wildman–Crippen LogP) is 3.42. The second-order valence-electron chi connectivity index (χ2n) is 4.51. The van der Waals surface area contributed by atoms with Crippen LogP contribution in [0.4, 0.5) is 0 Å². The molecule has 4 nitrogen and oxygen atoms in total. The molecule has 0 fully saturated rings. The lowest BCUT2D eigenvalue weighted by molar-refractivity contribution is 0.0980. The van der Waals surface area contributed by atoms with E-state index in [2.05, 4.69) is 0 Å². The highest BCUT2D eigenvalue weighted by atomic mass is 16.5. The first kappa shape index (κ1) is 14.2. The van der Waals surface area contributed by atoms with E-state index < -0.39 is 0 Å². The molecular weight excluding hydrogens is 256 g/mol. The molecule has 0 saturated carbocycles. The monoisotopic (exact) mass is 274 g/mol. The Hall–Kier alpha value is -2.23. The molecule has 1 heterocycles. The molecule has 0 radical (unpaired) electrons. The fraction of sp³-hybridized carbons (Fsp3) is 0.312. The van der Waals surface area contributed by atoms with Crippen LogP contribution in [0.3, 0.4) is 0 Å². The van der Waals surface area contributed by atoms with E-state index in [9.17, 15) is 4.79 Å². The van der Waals surface area contributed by atoms with Crippen molar-refractivity contribution in [2.24, 2.45) is 0 Å². The number of hydrogen-bond donors (Lipinski definition) is 0. The van der Waals surface area contributed by atoms with E-state index in [1.807, 2.05) is 19.1 Å². The number of benzene rings is 1. The minimum absolute atomic E-state index is 0.0556. The summed E-state index contributed by atoms with van der Waals surface area (Å²) in [6.45, 7) is 1.89. The van der Waals surface area contributed by atoms with Gasteiger partial charge in [-0.05, 0) is 37.3 Å². The molecule has 2 rings (SSSR count). The lowest BCUT2D eigenvalue weighted by Gasteiger charge is -2.08. The summed E-state index contributed by atoms with van der Waals surface area (Å²) in [5, 5.41) is 0. The molecule has 0 aliphatic rings. The van der Waals surface area contributed by atoms with E-state index in [1.54, 1.807) is 32.4 Å². The maximum atomic E-state index is 12.2. The molecule has 0 N–H and O–H groups in total. The zero-order chi connectivity index (χ0) is 14.5. The summed E-state index contributed by atoms with van der Waals surface area (Å²) in [7, 11) is 3.12. The summed E-state index contributed by atoms with van der Waals surface area (Å²) in [4.78, 5) is 12.2. The first-order valence-corrected chi connectivity index (χ1v) is 6.44. The van der Waals surface area contributed by atoms with Crippen LogP contribution in [0.5, 0.6) is 11.5 Å². The van der Waals surface area contributed by atoms with Crippen molar-refractivity contribution < 1.29 is 18.7 Å². The summed E-state index contributed by atoms with van der Waals surface area (Å²) >= 11 is 0. The first-order chi connectivity index (χ1) is 9.63. The van der Waals surface area contributed by atoms with Gasteiger partial charge >= 0.3 is 0 Å². The van der Waals surface area contributed by atoms with Gasteiger partial charge in [0.1, 0.15) is 11.5 Å². The first-order valence-electron chi connectivity index (χ1n) is 6.44. The summed E-state index contributed by atoms with van der Waals surface area (Å²) < 4.78 is 15.8. The van der Waals surface area contributed by atoms with Gasteiger partial charge in [0, 0.05) is 18.4 Å². The van der Waals surface area contributed by atoms with Crippen molar-refractivity contribution in [3.63, 3.8) is 0 Å². The highest BCUT2D eigenvalue weighted by Gasteiger charge is 2.11. The van der Waals surface area contributed by atoms with Gasteiger partial charge in [-0.3, -0.25) is 4.79 Å². The van der Waals surface area contributed by atoms with Crippen LogP contribution in [-0.4, -0.2) is 20.0 Å². The third kappa shape index (κ3) is 3.20. The van der Waals surface area contributed by atoms with Crippen molar-refractivity contribution in [3.8, 4) is 11.5 Å². The zero-order valence-electron chi connectivity index (χ0n) is 11.9. The van der Waals surface area contributed by atoms with Crippen molar-refractivity contribution >= 4 is 5.78 Å². The fourth-order valence-corrected chi connectivity index (χ4v) is 2.01. The maximum Gasteiger partial charge on any atom is 0.163 e. The van der Waals surface area contributed by atoms with Crippen LogP contribution in [0.1, 0.15) is 28.3 Å². The lowest BCUT2D eigenvalue weighted by atomic mass is 10.1. The Morgan fingerprint density at radius 3 is 2.45 bits per heavy atom. The van der Waals surface area contributed by atoms with Crippen molar-refractivity contribution in [2.45, 2.75) is 19.8 Å². The van der Waals surface area contributed by atoms with Crippen LogP contribution in [-0.2, 0) is 6.42 Å². The molecule has 2 aromatic rings. The van der Waals surface area contributed by atoms with Crippen LogP contribution in [0.25, 0.3) is 0 Å². The SMILES string of the molecule is COc1ccc(C(=O)CCc2ccc(C)o2)cc1OC. The molecule has 0 bridgehead atoms. The number of ether oxygens (including phenoxy) is 2. The van der Waals surface area contributed by atoms with Gasteiger partial charge in [-0.1, -0.05) is 0 Å². The third-order valence-corrected chi connectivity index (χ3v) is 3.10. The maximum absolute atomic E-state index is 12.2. The van der Waals surface area contributed by atoms with E-state index in [1.165, 1.54) is 0 Å². The van der Waals surface area contributed by atoms with Crippen molar-refractivity contribution in [1.29, 1.82) is 0 Å². The Bertz CT molecular complexity index is 598. The van der Waals surface area contributed by atoms with Gasteiger partial charge in [0.05, 0.1) is 14.2 Å². The van der Waals surface area contributed by atoms with Gasteiger partial charge in [-0.2, -0.15) is 0 Å². The summed E-state index contributed by atoms with van der Waals surface area (Å²) in [5.41, 5.74) is 0.617. The van der Waals surface area contributed by atoms with Crippen molar-refractivity contribution in [2.75, 3.05) is 14.2 Å². The standard InChI is InChI=1S/C16H18O4/c1-11-4-6-13(20-11)7-8-14(17)12-5-9-15(18-2)16(10-12)19-3/h4-6,9-10H,7-8H2,1-3H3. The third-order valence-electron chi connectivity index (χ3n) is 3.10. The van der Waals surface area contributed by atoms with Gasteiger partial charge < -0.3 is 13.9 Å². The van der Waals surface area contributed by atoms with E-state index >= 15 is 0 Å². The minimum Gasteiger partial charge on any atom is -0.493 e. The molecule has 0 aliphatic carbocycles. The second kappa shape index (κ2) is 6.28. The van der Waals surface area contributed by atoms with Crippen LogP contribution in [0, 0.1) is 6.92 Å². The predicted molar refractivity (Wildman–Crippen MR) is 75.6 cm³/mol. The molecular formula is C16H18O4. The molecule has 106 valence electrons. The van der Waals surface area contributed by atoms with Crippen LogP contribution >= 0.6 is 0 Å². The second-order valence-corrected chi connectivity index (χ2v) is 4.51. The van der Waals surface area contributed by atoms with E-state index in [0.29, 0.717) is 29.9 Å². The zero-order valence-corrected chi connectivity index (χ0v) is 11.9. The number of furan rings is 1. The Morgan fingerprint density at radius 1 is 1.10 bits per heavy atom. The Balaban J connectivity index is 2.05. The molecule has 0 amide bonds. The number of rotatable bonds is 6. The largest absolute Gasteiger partial charge is 0.493 e. The smallest absolute Gasteiger partial charge is 0.163 e. The number of Topliss-reactive ketones (excluding diaryl/α,β-unsaturated/α-hetero) is 1. The van der Waals surface area contributed by atoms with Crippen LogP contribution in [0.15, 0.2) is 34.7 Å². The summed E-state index contributed by atoms with van der Waals surface area (Å²) in [6, 6.07) is 8.99. The molecule has 0 aliphatic heterocycles. The number of aryl methyl sites for hydroxylation is 2. The lowest BCUT2D eigenvalue weighted by Crippen LogP contribution is -2.02. The van der Waals surface area contributed by atoms with E-state index in [4.69, 9.17) is 13.9 Å². The van der Waals surface area contributed by atoms with Gasteiger partial charge in [0.15, 0.2) is 17.3 Å². The minimum atomic E-state index is 0.0556. The molecule has 0 atom stereocenters. The average molecular weight is 274 g/mol. The van der Waals surface area contributed by atoms with E-state index in [-0.39, 0.29) is 5.78 Å². The molecule has 1 aromatic carbocycles. The number of ketones is 1. The average Bonchev–Trinajstić information content (AvgIpc) is 2.89. The highest BCUT2D eigenvalue weighted by Crippen LogP contribution is 2.28. The van der Waals surface area contributed by atoms with Crippen LogP contribution in [0.2, 0.25) is 0 Å². The number of carbonyl (C=O) groups is 1. The Kier molecular flexibility index (Phi) is 4.45. The van der Waals surface area contributed by atoms with Crippen molar-refractivity contribution in [3.05, 3.63) is 47.4 Å². The topological polar surface area (TPSA) is 48.7 Å². The summed E-state index contributed by atoms with van der Waals surface area (Å²) in [5.74, 6) is 2.92.